The van der Waals surface area contributed by atoms with Gasteiger partial charge in [0.1, 0.15) is 55.1 Å². The van der Waals surface area contributed by atoms with E-state index in [2.05, 4.69) is 12.2 Å². The van der Waals surface area contributed by atoms with E-state index in [1.807, 2.05) is 12.1 Å². The third-order valence-electron chi connectivity index (χ3n) is 12.6. The Morgan fingerprint density at radius 1 is 0.982 bits per heavy atom. The number of amides is 1. The number of aliphatic hydroxyl groups excluding tert-OH is 4. The molecule has 2 aliphatic heterocycles. The number of benzene rings is 1. The van der Waals surface area contributed by atoms with Crippen LogP contribution < -0.4 is 5.32 Å². The highest BCUT2D eigenvalue weighted by Crippen LogP contribution is 2.61. The molecule has 4 fully saturated rings. The van der Waals surface area contributed by atoms with Crippen LogP contribution >= 0.6 is 0 Å². The zero-order valence-corrected chi connectivity index (χ0v) is 31.3. The highest BCUT2D eigenvalue weighted by atomic mass is 16.7. The number of ether oxygens (including phenoxy) is 6. The summed E-state index contributed by atoms with van der Waals surface area (Å²) < 4.78 is 33.2. The molecule has 0 radical (unpaired) electrons. The normalized spacial score (nSPS) is 40.9. The minimum Gasteiger partial charge on any atom is -0.508 e. The van der Waals surface area contributed by atoms with Crippen LogP contribution in [0.2, 0.25) is 0 Å². The first-order chi connectivity index (χ1) is 26.0. The fourth-order valence-corrected chi connectivity index (χ4v) is 9.76. The van der Waals surface area contributed by atoms with Crippen LogP contribution in [0.15, 0.2) is 18.2 Å². The number of hydrogen-bond donors (Lipinski definition) is 7. The highest BCUT2D eigenvalue weighted by Gasteiger charge is 2.59. The van der Waals surface area contributed by atoms with Crippen molar-refractivity contribution in [3.63, 3.8) is 0 Å². The smallest absolute Gasteiger partial charge is 0.335 e. The maximum atomic E-state index is 13.0. The summed E-state index contributed by atoms with van der Waals surface area (Å²) >= 11 is 0. The number of phenols is 1. The minimum atomic E-state index is -1.81. The first-order valence-electron chi connectivity index (χ1n) is 18.9. The Hall–Kier alpha value is -3.42. The van der Waals surface area contributed by atoms with Crippen LogP contribution in [0.25, 0.3) is 0 Å². The molecule has 7 N–H and O–H groups in total. The van der Waals surface area contributed by atoms with Crippen LogP contribution in [0.3, 0.4) is 0 Å². The Morgan fingerprint density at radius 2 is 1.71 bits per heavy atom. The standard InChI is InChI=1S/C38H53NO16/c1-16-28(39-17(2)40)32(54-37-31(46)30(45)33(50-4)34(55-37)36(48)49)29(44)25(52-16)15-51-26(42)9-10-27(43)53-24-14-23-22-7-5-18-13-19(41)6-8-20(18)21(22)11-12-38(23,3)35(24)47/h6,8,13,16,21-25,28-35,37,41,44-47H,5,7,9-12,14-15H2,1-4H3,(H,39,40)(H,48,49)/t16?,21-,22-,23+,24-,25?,28?,29?,30?,31?,32?,33?,34?,35+,37?,38+/m1/s1. The molecule has 306 valence electrons. The lowest BCUT2D eigenvalue weighted by Crippen LogP contribution is -2.67. The van der Waals surface area contributed by atoms with Crippen LogP contribution in [0, 0.1) is 17.3 Å². The Labute approximate surface area is 318 Å². The van der Waals surface area contributed by atoms with Gasteiger partial charge in [0, 0.05) is 19.4 Å². The van der Waals surface area contributed by atoms with Gasteiger partial charge in [0.15, 0.2) is 12.4 Å². The van der Waals surface area contributed by atoms with Crippen molar-refractivity contribution < 1.29 is 78.2 Å². The van der Waals surface area contributed by atoms with Gasteiger partial charge in [0.25, 0.3) is 0 Å². The fourth-order valence-electron chi connectivity index (χ4n) is 9.76. The molecule has 16 atom stereocenters. The van der Waals surface area contributed by atoms with Crippen molar-refractivity contribution in [2.45, 2.75) is 145 Å². The molecule has 1 amide bonds. The van der Waals surface area contributed by atoms with Gasteiger partial charge in [-0.15, -0.1) is 0 Å². The number of aliphatic hydroxyl groups is 4. The number of methoxy groups -OCH3 is 1. The van der Waals surface area contributed by atoms with Gasteiger partial charge in [-0.2, -0.15) is 0 Å². The largest absolute Gasteiger partial charge is 0.508 e. The zero-order chi connectivity index (χ0) is 39.9. The second kappa shape index (κ2) is 16.6. The van der Waals surface area contributed by atoms with Gasteiger partial charge in [-0.25, -0.2) is 4.79 Å². The monoisotopic (exact) mass is 779 g/mol. The maximum absolute atomic E-state index is 13.0. The first-order valence-corrected chi connectivity index (χ1v) is 18.9. The van der Waals surface area contributed by atoms with Crippen LogP contribution in [0.1, 0.15) is 76.3 Å². The molecule has 0 spiro atoms. The van der Waals surface area contributed by atoms with Crippen LogP contribution in [-0.2, 0) is 54.0 Å². The third-order valence-corrected chi connectivity index (χ3v) is 12.6. The molecule has 55 heavy (non-hydrogen) atoms. The third kappa shape index (κ3) is 8.21. The van der Waals surface area contributed by atoms with Gasteiger partial charge >= 0.3 is 17.9 Å². The molecular weight excluding hydrogens is 726 g/mol. The van der Waals surface area contributed by atoms with E-state index >= 15 is 0 Å². The van der Waals surface area contributed by atoms with Crippen molar-refractivity contribution in [3.8, 4) is 5.75 Å². The van der Waals surface area contributed by atoms with Gasteiger partial charge in [-0.05, 0) is 80.0 Å². The van der Waals surface area contributed by atoms with Crippen molar-refractivity contribution in [3.05, 3.63) is 29.3 Å². The van der Waals surface area contributed by atoms with Gasteiger partial charge in [-0.1, -0.05) is 13.0 Å². The number of aliphatic carboxylic acids is 1. The summed E-state index contributed by atoms with van der Waals surface area (Å²) in [6.45, 7) is 4.32. The molecular formula is C38H53NO16. The number of carboxylic acid groups (broad SMARTS) is 1. The van der Waals surface area contributed by atoms with Gasteiger partial charge in [-0.3, -0.25) is 14.4 Å². The lowest BCUT2D eigenvalue weighted by Gasteiger charge is -2.49. The summed E-state index contributed by atoms with van der Waals surface area (Å²) in [5.74, 6) is -2.49. The topological polar surface area (TPSA) is 257 Å². The molecule has 10 unspecified atom stereocenters. The Balaban J connectivity index is 1.02. The van der Waals surface area contributed by atoms with Crippen molar-refractivity contribution in [2.75, 3.05) is 13.7 Å². The molecule has 6 rings (SSSR count). The summed E-state index contributed by atoms with van der Waals surface area (Å²) in [6.07, 6.45) is -12.0. The molecule has 0 aromatic heterocycles. The number of rotatable bonds is 11. The molecule has 2 saturated carbocycles. The summed E-state index contributed by atoms with van der Waals surface area (Å²) in [5, 5.41) is 66.1. The molecule has 17 heteroatoms. The second-order valence-corrected chi connectivity index (χ2v) is 15.9. The van der Waals surface area contributed by atoms with Crippen LogP contribution in [-0.4, -0.2) is 142 Å². The first kappa shape index (κ1) is 41.2. The number of phenolic OH excluding ortho intramolecular Hbond substituents is 1. The molecule has 2 heterocycles. The number of carbonyl (C=O) groups is 4. The van der Waals surface area contributed by atoms with E-state index in [0.29, 0.717) is 18.3 Å². The lowest BCUT2D eigenvalue weighted by atomic mass is 9.55. The van der Waals surface area contributed by atoms with E-state index in [9.17, 15) is 49.8 Å². The SMILES string of the molecule is COC1C(C(=O)O)OC(OC2C(O)C(COC(=O)CCC(=O)O[C@@H]3C[C@H]4[C@@H]5CCc6cc(O)ccc6[C@H]5CC[C@]4(C)[C@H]3O)OC(C)C2NC(C)=O)C(O)C1O. The highest BCUT2D eigenvalue weighted by molar-refractivity contribution is 5.78. The van der Waals surface area contributed by atoms with E-state index in [1.165, 1.54) is 12.5 Å². The van der Waals surface area contributed by atoms with E-state index in [0.717, 1.165) is 38.4 Å². The number of carbonyl (C=O) groups excluding carboxylic acids is 3. The average molecular weight is 780 g/mol. The molecule has 1 aromatic carbocycles. The molecule has 5 aliphatic rings. The lowest BCUT2D eigenvalue weighted by molar-refractivity contribution is -0.327. The van der Waals surface area contributed by atoms with E-state index in [1.54, 1.807) is 13.0 Å². The molecule has 0 bridgehead atoms. The van der Waals surface area contributed by atoms with E-state index < -0.39 is 109 Å². The minimum absolute atomic E-state index is 0.132. The van der Waals surface area contributed by atoms with Crippen molar-refractivity contribution >= 4 is 23.8 Å². The number of carboxylic acids is 1. The van der Waals surface area contributed by atoms with E-state index in [-0.39, 0.29) is 24.5 Å². The van der Waals surface area contributed by atoms with Crippen LogP contribution in [0.4, 0.5) is 0 Å². The molecule has 1 aromatic rings. The molecule has 2 saturated heterocycles. The van der Waals surface area contributed by atoms with Gasteiger partial charge < -0.3 is 64.4 Å². The van der Waals surface area contributed by atoms with Gasteiger partial charge in [0.2, 0.25) is 5.91 Å². The molecule has 3 aliphatic carbocycles. The number of aromatic hydroxyl groups is 1. The summed E-state index contributed by atoms with van der Waals surface area (Å²) in [6, 6.07) is 4.51. The number of esters is 2. The van der Waals surface area contributed by atoms with Crippen molar-refractivity contribution in [2.24, 2.45) is 17.3 Å². The zero-order valence-electron chi connectivity index (χ0n) is 31.3. The summed E-state index contributed by atoms with van der Waals surface area (Å²) in [5.41, 5.74) is 1.97. The Morgan fingerprint density at radius 3 is 2.40 bits per heavy atom. The van der Waals surface area contributed by atoms with Crippen LogP contribution in [0.5, 0.6) is 5.75 Å². The summed E-state index contributed by atoms with van der Waals surface area (Å²) in [4.78, 5) is 49.6. The van der Waals surface area contributed by atoms with Crippen molar-refractivity contribution in [1.82, 2.24) is 5.32 Å². The number of hydrogen-bond acceptors (Lipinski definition) is 15. The predicted octanol–water partition coefficient (Wildman–Crippen LogP) is 0.0387. The second-order valence-electron chi connectivity index (χ2n) is 15.9. The van der Waals surface area contributed by atoms with Crippen molar-refractivity contribution in [1.29, 1.82) is 0 Å². The molecule has 17 nitrogen and oxygen atoms in total. The predicted molar refractivity (Wildman–Crippen MR) is 186 cm³/mol. The Bertz CT molecular complexity index is 1590. The fraction of sp³-hybridized carbons (Fsp3) is 0.737. The number of nitrogens with one attached hydrogen (secondary N) is 1. The quantitative estimate of drug-likeness (QED) is 0.146. The average Bonchev–Trinajstić information content (AvgIpc) is 3.39. The Kier molecular flexibility index (Phi) is 12.4. The number of fused-ring (bicyclic) bond motifs is 5. The van der Waals surface area contributed by atoms with E-state index in [4.69, 9.17) is 28.4 Å². The number of aryl methyl sites for hydroxylation is 1. The maximum Gasteiger partial charge on any atom is 0.335 e. The van der Waals surface area contributed by atoms with Gasteiger partial charge in [0.05, 0.1) is 31.1 Å². The summed E-state index contributed by atoms with van der Waals surface area (Å²) in [7, 11) is 1.14.